The van der Waals surface area contributed by atoms with E-state index in [9.17, 15) is 9.59 Å². The molecule has 2 aromatic heterocycles. The lowest BCUT2D eigenvalue weighted by Gasteiger charge is -2.19. The second kappa shape index (κ2) is 7.83. The van der Waals surface area contributed by atoms with Gasteiger partial charge in [0.05, 0.1) is 10.5 Å². The smallest absolute Gasteiger partial charge is 0.407 e. The van der Waals surface area contributed by atoms with E-state index in [0.717, 1.165) is 5.52 Å². The maximum absolute atomic E-state index is 13.0. The predicted octanol–water partition coefficient (Wildman–Crippen LogP) is 4.41. The van der Waals surface area contributed by atoms with Crippen molar-refractivity contribution in [3.63, 3.8) is 0 Å². The van der Waals surface area contributed by atoms with Gasteiger partial charge in [0, 0.05) is 18.5 Å². The van der Waals surface area contributed by atoms with Crippen LogP contribution in [0.5, 0.6) is 0 Å². The number of pyridine rings is 1. The Morgan fingerprint density at radius 2 is 2.04 bits per heavy atom. The van der Waals surface area contributed by atoms with Crippen molar-refractivity contribution in [2.24, 2.45) is 0 Å². The maximum Gasteiger partial charge on any atom is 0.407 e. The molecule has 0 bridgehead atoms. The van der Waals surface area contributed by atoms with Crippen LogP contribution in [0.15, 0.2) is 27.5 Å². The molecule has 0 fully saturated rings. The van der Waals surface area contributed by atoms with E-state index in [2.05, 4.69) is 10.5 Å². The van der Waals surface area contributed by atoms with Crippen molar-refractivity contribution in [2.45, 2.75) is 52.7 Å². The molecule has 0 saturated heterocycles. The number of fused-ring (bicyclic) bond motifs is 3. The fourth-order valence-electron chi connectivity index (χ4n) is 3.13. The van der Waals surface area contributed by atoms with Gasteiger partial charge in [0.1, 0.15) is 22.3 Å². The number of hydrogen-bond donors (Lipinski definition) is 1. The Morgan fingerprint density at radius 3 is 2.75 bits per heavy atom. The van der Waals surface area contributed by atoms with E-state index in [0.29, 0.717) is 53.0 Å². The summed E-state index contributed by atoms with van der Waals surface area (Å²) in [5.41, 5.74) is 0.537. The van der Waals surface area contributed by atoms with E-state index in [1.54, 1.807) is 17.6 Å². The maximum atomic E-state index is 13.0. The van der Waals surface area contributed by atoms with Crippen molar-refractivity contribution >= 4 is 39.5 Å². The van der Waals surface area contributed by atoms with Crippen LogP contribution in [0.25, 0.3) is 21.8 Å². The largest absolute Gasteiger partial charge is 0.444 e. The molecule has 28 heavy (non-hydrogen) atoms. The van der Waals surface area contributed by atoms with Gasteiger partial charge in [-0.3, -0.25) is 4.79 Å². The molecule has 0 saturated carbocycles. The van der Waals surface area contributed by atoms with Crippen molar-refractivity contribution in [3.8, 4) is 0 Å². The molecule has 0 unspecified atom stereocenters. The Bertz CT molecular complexity index is 1080. The fourth-order valence-corrected chi connectivity index (χ4v) is 3.39. The quantitative estimate of drug-likeness (QED) is 0.635. The van der Waals surface area contributed by atoms with Crippen molar-refractivity contribution in [3.05, 3.63) is 39.3 Å². The Balaban J connectivity index is 1.77. The molecule has 3 rings (SSSR count). The molecule has 0 aliphatic heterocycles. The van der Waals surface area contributed by atoms with Crippen LogP contribution >= 0.6 is 11.6 Å². The molecule has 0 atom stereocenters. The monoisotopic (exact) mass is 405 g/mol. The van der Waals surface area contributed by atoms with Crippen LogP contribution < -0.4 is 10.9 Å². The van der Waals surface area contributed by atoms with E-state index < -0.39 is 11.7 Å². The number of ether oxygens (including phenoxy) is 1. The minimum Gasteiger partial charge on any atom is -0.444 e. The highest BCUT2D eigenvalue weighted by Gasteiger charge is 2.19. The molecule has 0 aliphatic rings. The number of benzene rings is 1. The SMILES string of the molecule is Cc1onc2c1c(=O)n(CCCCNC(=O)OC(C)(C)C)c1cccc(Cl)c21. The number of carbonyl (C=O) groups is 1. The summed E-state index contributed by atoms with van der Waals surface area (Å²) < 4.78 is 12.1. The molecule has 0 radical (unpaired) electrons. The number of aryl methyl sites for hydroxylation is 2. The zero-order valence-electron chi connectivity index (χ0n) is 16.5. The zero-order valence-corrected chi connectivity index (χ0v) is 17.2. The second-order valence-corrected chi connectivity index (χ2v) is 8.10. The number of halogens is 1. The van der Waals surface area contributed by atoms with Gasteiger partial charge in [0.15, 0.2) is 0 Å². The van der Waals surface area contributed by atoms with Crippen molar-refractivity contribution in [1.82, 2.24) is 15.0 Å². The molecule has 0 spiro atoms. The van der Waals surface area contributed by atoms with Gasteiger partial charge in [-0.15, -0.1) is 0 Å². The van der Waals surface area contributed by atoms with Crippen LogP contribution in [0.2, 0.25) is 5.02 Å². The number of amides is 1. The summed E-state index contributed by atoms with van der Waals surface area (Å²) >= 11 is 6.38. The summed E-state index contributed by atoms with van der Waals surface area (Å²) in [7, 11) is 0. The second-order valence-electron chi connectivity index (χ2n) is 7.69. The number of unbranched alkanes of at least 4 members (excludes halogenated alkanes) is 1. The molecule has 1 amide bonds. The first-order valence-electron chi connectivity index (χ1n) is 9.23. The van der Waals surface area contributed by atoms with Gasteiger partial charge >= 0.3 is 6.09 Å². The summed E-state index contributed by atoms with van der Waals surface area (Å²) in [5.74, 6) is 0.474. The summed E-state index contributed by atoms with van der Waals surface area (Å²) in [5, 5.41) is 8.45. The molecule has 3 aromatic rings. The topological polar surface area (TPSA) is 86.4 Å². The van der Waals surface area contributed by atoms with Gasteiger partial charge < -0.3 is 19.1 Å². The highest BCUT2D eigenvalue weighted by Crippen LogP contribution is 2.30. The van der Waals surface area contributed by atoms with Crippen LogP contribution in [-0.4, -0.2) is 28.0 Å². The third-order valence-corrected chi connectivity index (χ3v) is 4.63. The van der Waals surface area contributed by atoms with Crippen LogP contribution in [0.4, 0.5) is 4.79 Å². The van der Waals surface area contributed by atoms with Gasteiger partial charge in [-0.25, -0.2) is 4.79 Å². The normalized spacial score (nSPS) is 11.9. The predicted molar refractivity (Wildman–Crippen MR) is 109 cm³/mol. The van der Waals surface area contributed by atoms with E-state index in [1.165, 1.54) is 0 Å². The molecule has 1 N–H and O–H groups in total. The number of rotatable bonds is 5. The summed E-state index contributed by atoms with van der Waals surface area (Å²) in [6.07, 6.45) is 0.963. The van der Waals surface area contributed by atoms with Crippen molar-refractivity contribution < 1.29 is 14.1 Å². The first-order chi connectivity index (χ1) is 13.2. The lowest BCUT2D eigenvalue weighted by Crippen LogP contribution is -2.33. The number of hydrogen-bond acceptors (Lipinski definition) is 5. The summed E-state index contributed by atoms with van der Waals surface area (Å²) in [6.45, 7) is 8.13. The average molecular weight is 406 g/mol. The van der Waals surface area contributed by atoms with E-state index in [1.807, 2.05) is 32.9 Å². The fraction of sp³-hybridized carbons (Fsp3) is 0.450. The van der Waals surface area contributed by atoms with Gasteiger partial charge in [-0.05, 0) is 52.7 Å². The molecule has 150 valence electrons. The van der Waals surface area contributed by atoms with Crippen molar-refractivity contribution in [1.29, 1.82) is 0 Å². The number of nitrogens with one attached hydrogen (secondary N) is 1. The summed E-state index contributed by atoms with van der Waals surface area (Å²) in [6, 6.07) is 5.43. The van der Waals surface area contributed by atoms with Crippen LogP contribution in [0.1, 0.15) is 39.4 Å². The molecule has 0 aliphatic carbocycles. The first-order valence-corrected chi connectivity index (χ1v) is 9.60. The Morgan fingerprint density at radius 1 is 1.29 bits per heavy atom. The molecular formula is C20H24ClN3O4. The Kier molecular flexibility index (Phi) is 5.65. The van der Waals surface area contributed by atoms with E-state index in [4.69, 9.17) is 20.9 Å². The highest BCUT2D eigenvalue weighted by molar-refractivity contribution is 6.37. The third kappa shape index (κ3) is 4.14. The average Bonchev–Trinajstić information content (AvgIpc) is 2.97. The minimum absolute atomic E-state index is 0.149. The van der Waals surface area contributed by atoms with Crippen molar-refractivity contribution in [2.75, 3.05) is 6.54 Å². The number of aromatic nitrogens is 2. The highest BCUT2D eigenvalue weighted by atomic mass is 35.5. The minimum atomic E-state index is -0.526. The van der Waals surface area contributed by atoms with Gasteiger partial charge in [0.2, 0.25) is 0 Å². The van der Waals surface area contributed by atoms with Crippen LogP contribution in [-0.2, 0) is 11.3 Å². The molecule has 8 heteroatoms. The molecule has 1 aromatic carbocycles. The number of alkyl carbamates (subject to hydrolysis) is 1. The number of nitrogens with zero attached hydrogens (tertiary/aromatic N) is 2. The van der Waals surface area contributed by atoms with Crippen LogP contribution in [0.3, 0.4) is 0 Å². The van der Waals surface area contributed by atoms with Crippen LogP contribution in [0, 0.1) is 6.92 Å². The lowest BCUT2D eigenvalue weighted by molar-refractivity contribution is 0.0527. The Hall–Kier alpha value is -2.54. The van der Waals surface area contributed by atoms with E-state index >= 15 is 0 Å². The number of carbonyl (C=O) groups excluding carboxylic acids is 1. The van der Waals surface area contributed by atoms with E-state index in [-0.39, 0.29) is 5.56 Å². The zero-order chi connectivity index (χ0) is 20.5. The third-order valence-electron chi connectivity index (χ3n) is 4.32. The molecular weight excluding hydrogens is 382 g/mol. The lowest BCUT2D eigenvalue weighted by atomic mass is 10.1. The molecule has 7 nitrogen and oxygen atoms in total. The molecule has 2 heterocycles. The van der Waals surface area contributed by atoms with Gasteiger partial charge in [-0.1, -0.05) is 22.8 Å². The van der Waals surface area contributed by atoms with Gasteiger partial charge in [-0.2, -0.15) is 0 Å². The Labute approximate surface area is 167 Å². The standard InChI is InChI=1S/C20H24ClN3O4/c1-12-15-17(23-28-12)16-13(21)8-7-9-14(16)24(18(15)25)11-6-5-10-22-19(26)27-20(2,3)4/h7-9H,5-6,10-11H2,1-4H3,(H,22,26). The summed E-state index contributed by atoms with van der Waals surface area (Å²) in [4.78, 5) is 24.7. The first kappa shape index (κ1) is 20.2. The van der Waals surface area contributed by atoms with Gasteiger partial charge in [0.25, 0.3) is 5.56 Å².